The summed E-state index contributed by atoms with van der Waals surface area (Å²) in [5, 5.41) is 0. The van der Waals surface area contributed by atoms with E-state index in [0.29, 0.717) is 30.2 Å². The van der Waals surface area contributed by atoms with Crippen LogP contribution in [0.1, 0.15) is 40.5 Å². The second-order valence-electron chi connectivity index (χ2n) is 6.86. The van der Waals surface area contributed by atoms with Crippen molar-refractivity contribution in [2.24, 2.45) is 0 Å². The number of H-pyrrole nitrogens is 1. The third-order valence-corrected chi connectivity index (χ3v) is 4.96. The first-order valence-corrected chi connectivity index (χ1v) is 9.20. The third-order valence-electron chi connectivity index (χ3n) is 4.96. The van der Waals surface area contributed by atoms with Crippen LogP contribution in [0.3, 0.4) is 0 Å². The molecule has 1 N–H and O–H groups in total. The molecule has 142 valence electrons. The summed E-state index contributed by atoms with van der Waals surface area (Å²) in [5.41, 5.74) is 2.48. The zero-order valence-electron chi connectivity index (χ0n) is 15.5. The number of carbonyl (C=O) groups excluding carboxylic acids is 1. The molecule has 8 nitrogen and oxygen atoms in total. The number of nitrogens with one attached hydrogen (secondary N) is 1. The van der Waals surface area contributed by atoms with Crippen LogP contribution in [-0.4, -0.2) is 48.8 Å². The van der Waals surface area contributed by atoms with E-state index in [9.17, 15) is 9.59 Å². The zero-order valence-corrected chi connectivity index (χ0v) is 15.5. The third kappa shape index (κ3) is 3.66. The minimum absolute atomic E-state index is 0.0518. The van der Waals surface area contributed by atoms with Gasteiger partial charge in [0.15, 0.2) is 5.82 Å². The SMILES string of the molecule is Cc1nc(-c2cccnc2)ncc1C(=O)N1CCC[C@H](c2cc(=O)[nH]cn2)C1. The van der Waals surface area contributed by atoms with Gasteiger partial charge in [0, 0.05) is 49.2 Å². The maximum Gasteiger partial charge on any atom is 0.257 e. The van der Waals surface area contributed by atoms with E-state index in [1.165, 1.54) is 12.4 Å². The molecule has 1 aliphatic rings. The Morgan fingerprint density at radius 2 is 2.18 bits per heavy atom. The van der Waals surface area contributed by atoms with E-state index in [-0.39, 0.29) is 17.4 Å². The molecule has 3 aromatic heterocycles. The summed E-state index contributed by atoms with van der Waals surface area (Å²) >= 11 is 0. The molecule has 0 radical (unpaired) electrons. The zero-order chi connectivity index (χ0) is 19.5. The summed E-state index contributed by atoms with van der Waals surface area (Å²) in [5.74, 6) is 0.507. The van der Waals surface area contributed by atoms with E-state index >= 15 is 0 Å². The molecule has 3 aromatic rings. The number of hydrogen-bond donors (Lipinski definition) is 1. The van der Waals surface area contributed by atoms with Crippen molar-refractivity contribution in [3.63, 3.8) is 0 Å². The van der Waals surface area contributed by atoms with Gasteiger partial charge in [0.05, 0.1) is 23.3 Å². The molecule has 0 spiro atoms. The van der Waals surface area contributed by atoms with Gasteiger partial charge in [-0.1, -0.05) is 0 Å². The van der Waals surface area contributed by atoms with Crippen LogP contribution in [0.5, 0.6) is 0 Å². The summed E-state index contributed by atoms with van der Waals surface area (Å²) in [6.45, 7) is 3.01. The van der Waals surface area contributed by atoms with Gasteiger partial charge in [-0.25, -0.2) is 15.0 Å². The minimum atomic E-state index is -0.177. The van der Waals surface area contributed by atoms with E-state index in [1.54, 1.807) is 23.5 Å². The number of carbonyl (C=O) groups is 1. The first kappa shape index (κ1) is 18.0. The lowest BCUT2D eigenvalue weighted by Crippen LogP contribution is -2.40. The number of nitrogens with zero attached hydrogens (tertiary/aromatic N) is 5. The molecule has 1 aliphatic heterocycles. The predicted molar refractivity (Wildman–Crippen MR) is 103 cm³/mol. The smallest absolute Gasteiger partial charge is 0.257 e. The van der Waals surface area contributed by atoms with Crippen molar-refractivity contribution in [3.8, 4) is 11.4 Å². The van der Waals surface area contributed by atoms with Crippen LogP contribution in [0.2, 0.25) is 0 Å². The number of likely N-dealkylation sites (tertiary alicyclic amines) is 1. The molecule has 0 aliphatic carbocycles. The lowest BCUT2D eigenvalue weighted by Gasteiger charge is -2.32. The highest BCUT2D eigenvalue weighted by atomic mass is 16.2. The molecule has 0 aromatic carbocycles. The molecule has 1 atom stereocenters. The van der Waals surface area contributed by atoms with Gasteiger partial charge >= 0.3 is 0 Å². The average molecular weight is 376 g/mol. The second-order valence-corrected chi connectivity index (χ2v) is 6.86. The van der Waals surface area contributed by atoms with Crippen LogP contribution >= 0.6 is 0 Å². The summed E-state index contributed by atoms with van der Waals surface area (Å²) in [7, 11) is 0. The molecule has 0 saturated carbocycles. The minimum Gasteiger partial charge on any atom is -0.338 e. The molecule has 28 heavy (non-hydrogen) atoms. The predicted octanol–water partition coefficient (Wildman–Crippen LogP) is 1.95. The summed E-state index contributed by atoms with van der Waals surface area (Å²) < 4.78 is 0. The van der Waals surface area contributed by atoms with Crippen molar-refractivity contribution in [1.29, 1.82) is 0 Å². The lowest BCUT2D eigenvalue weighted by atomic mass is 9.94. The maximum atomic E-state index is 13.1. The molecule has 8 heteroatoms. The number of hydrogen-bond acceptors (Lipinski definition) is 6. The van der Waals surface area contributed by atoms with Gasteiger partial charge < -0.3 is 9.88 Å². The van der Waals surface area contributed by atoms with Crippen LogP contribution in [-0.2, 0) is 0 Å². The number of piperidine rings is 1. The largest absolute Gasteiger partial charge is 0.338 e. The van der Waals surface area contributed by atoms with Gasteiger partial charge in [-0.3, -0.25) is 14.6 Å². The summed E-state index contributed by atoms with van der Waals surface area (Å²) in [6, 6.07) is 5.21. The highest BCUT2D eigenvalue weighted by Crippen LogP contribution is 2.26. The molecular formula is C20H20N6O2. The highest BCUT2D eigenvalue weighted by Gasteiger charge is 2.27. The Bertz CT molecular complexity index is 1050. The number of rotatable bonds is 3. The van der Waals surface area contributed by atoms with Gasteiger partial charge in [0.2, 0.25) is 0 Å². The Balaban J connectivity index is 1.54. The van der Waals surface area contributed by atoms with Crippen molar-refractivity contribution in [2.75, 3.05) is 13.1 Å². The molecule has 1 fully saturated rings. The van der Waals surface area contributed by atoms with E-state index < -0.39 is 0 Å². The molecule has 4 heterocycles. The van der Waals surface area contributed by atoms with Crippen molar-refractivity contribution in [2.45, 2.75) is 25.7 Å². The quantitative estimate of drug-likeness (QED) is 0.749. The summed E-state index contributed by atoms with van der Waals surface area (Å²) in [4.78, 5) is 46.1. The molecular weight excluding hydrogens is 356 g/mol. The Kier molecular flexibility index (Phi) is 4.92. The van der Waals surface area contributed by atoms with Gasteiger partial charge in [-0.2, -0.15) is 0 Å². The fraction of sp³-hybridized carbons (Fsp3) is 0.300. The van der Waals surface area contributed by atoms with Crippen molar-refractivity contribution in [3.05, 3.63) is 70.4 Å². The Morgan fingerprint density at radius 1 is 1.29 bits per heavy atom. The molecule has 0 bridgehead atoms. The summed E-state index contributed by atoms with van der Waals surface area (Å²) in [6.07, 6.45) is 8.14. The normalized spacial score (nSPS) is 16.8. The molecule has 1 saturated heterocycles. The molecule has 4 rings (SSSR count). The number of pyridine rings is 1. The number of aryl methyl sites for hydroxylation is 1. The van der Waals surface area contributed by atoms with Crippen LogP contribution in [0.25, 0.3) is 11.4 Å². The second kappa shape index (κ2) is 7.67. The van der Waals surface area contributed by atoms with Crippen molar-refractivity contribution >= 4 is 5.91 Å². The highest BCUT2D eigenvalue weighted by molar-refractivity contribution is 5.95. The van der Waals surface area contributed by atoms with Crippen molar-refractivity contribution in [1.82, 2.24) is 29.8 Å². The van der Waals surface area contributed by atoms with Gasteiger partial charge in [0.1, 0.15) is 0 Å². The molecule has 0 unspecified atom stereocenters. The van der Waals surface area contributed by atoms with Crippen LogP contribution in [0.4, 0.5) is 0 Å². The number of aromatic nitrogens is 5. The van der Waals surface area contributed by atoms with Gasteiger partial charge in [-0.05, 0) is 31.9 Å². The first-order chi connectivity index (χ1) is 13.6. The number of aromatic amines is 1. The van der Waals surface area contributed by atoms with Crippen molar-refractivity contribution < 1.29 is 4.79 Å². The molecule has 1 amide bonds. The monoisotopic (exact) mass is 376 g/mol. The van der Waals surface area contributed by atoms with E-state index in [0.717, 1.165) is 24.1 Å². The van der Waals surface area contributed by atoms with Crippen LogP contribution in [0.15, 0.2) is 47.9 Å². The Morgan fingerprint density at radius 3 is 2.93 bits per heavy atom. The topological polar surface area (TPSA) is 105 Å². The van der Waals surface area contributed by atoms with Gasteiger partial charge in [0.25, 0.3) is 11.5 Å². The van der Waals surface area contributed by atoms with E-state index in [1.807, 2.05) is 19.1 Å². The Hall–Kier alpha value is -3.42. The van der Waals surface area contributed by atoms with Crippen LogP contribution in [0, 0.1) is 6.92 Å². The Labute approximate surface area is 161 Å². The fourth-order valence-electron chi connectivity index (χ4n) is 3.49. The van der Waals surface area contributed by atoms with E-state index in [2.05, 4.69) is 24.9 Å². The number of amides is 1. The van der Waals surface area contributed by atoms with Crippen LogP contribution < -0.4 is 5.56 Å². The maximum absolute atomic E-state index is 13.1. The lowest BCUT2D eigenvalue weighted by molar-refractivity contribution is 0.0704. The standard InChI is InChI=1S/C20H20N6O2/c1-13-16(10-22-19(25-13)14-4-2-6-21-9-14)20(28)26-7-3-5-15(11-26)17-8-18(27)24-12-23-17/h2,4,6,8-10,12,15H,3,5,7,11H2,1H3,(H,23,24,27)/t15-/m0/s1. The fourth-order valence-corrected chi connectivity index (χ4v) is 3.49. The van der Waals surface area contributed by atoms with Gasteiger partial charge in [-0.15, -0.1) is 0 Å². The average Bonchev–Trinajstić information content (AvgIpc) is 2.74. The first-order valence-electron chi connectivity index (χ1n) is 9.20. The van der Waals surface area contributed by atoms with E-state index in [4.69, 9.17) is 0 Å².